The maximum absolute atomic E-state index is 11.9. The molecule has 0 radical (unpaired) electrons. The highest BCUT2D eigenvalue weighted by Gasteiger charge is 2.29. The van der Waals surface area contributed by atoms with E-state index in [4.69, 9.17) is 4.74 Å². The number of benzene rings is 1. The van der Waals surface area contributed by atoms with Crippen molar-refractivity contribution in [3.05, 3.63) is 35.7 Å². The number of carbonyl (C=O) groups is 1. The van der Waals surface area contributed by atoms with Crippen LogP contribution in [0.1, 0.15) is 41.9 Å². The third-order valence-corrected chi connectivity index (χ3v) is 3.21. The van der Waals surface area contributed by atoms with E-state index in [9.17, 15) is 4.79 Å². The second-order valence-electron chi connectivity index (χ2n) is 4.45. The summed E-state index contributed by atoms with van der Waals surface area (Å²) >= 11 is 0. The Labute approximate surface area is 99.8 Å². The molecule has 1 aromatic heterocycles. The standard InChI is InChI=1S/C14H15NO2/c1-2-17-14(16)13-11-6-4-3-5-10(11)12(15-13)9-7-8-9/h3-6,9,15H,2,7-8H2,1H3. The van der Waals surface area contributed by atoms with Crippen LogP contribution in [0.15, 0.2) is 24.3 Å². The molecule has 1 saturated carbocycles. The molecule has 3 rings (SSSR count). The highest BCUT2D eigenvalue weighted by molar-refractivity contribution is 6.04. The molecule has 1 heterocycles. The fraction of sp³-hybridized carbons (Fsp3) is 0.357. The average Bonchev–Trinajstić information content (AvgIpc) is 3.10. The van der Waals surface area contributed by atoms with Crippen LogP contribution in [-0.4, -0.2) is 17.6 Å². The molecule has 0 bridgehead atoms. The van der Waals surface area contributed by atoms with Crippen LogP contribution in [0.25, 0.3) is 10.8 Å². The van der Waals surface area contributed by atoms with Crippen molar-refractivity contribution in [2.75, 3.05) is 6.61 Å². The molecule has 0 unspecified atom stereocenters. The molecular formula is C14H15NO2. The monoisotopic (exact) mass is 229 g/mol. The quantitative estimate of drug-likeness (QED) is 0.821. The van der Waals surface area contributed by atoms with Crippen molar-refractivity contribution in [1.29, 1.82) is 0 Å². The largest absolute Gasteiger partial charge is 0.461 e. The molecule has 1 aliphatic carbocycles. The number of rotatable bonds is 3. The average molecular weight is 229 g/mol. The lowest BCUT2D eigenvalue weighted by atomic mass is 10.1. The Morgan fingerprint density at radius 1 is 1.35 bits per heavy atom. The zero-order valence-electron chi connectivity index (χ0n) is 9.82. The van der Waals surface area contributed by atoms with Gasteiger partial charge in [0, 0.05) is 16.5 Å². The van der Waals surface area contributed by atoms with E-state index in [0.29, 0.717) is 18.2 Å². The van der Waals surface area contributed by atoms with Crippen LogP contribution in [-0.2, 0) is 4.74 Å². The van der Waals surface area contributed by atoms with Gasteiger partial charge in [0.1, 0.15) is 5.69 Å². The van der Waals surface area contributed by atoms with Crippen LogP contribution in [0.3, 0.4) is 0 Å². The molecule has 1 aliphatic rings. The molecule has 1 fully saturated rings. The Hall–Kier alpha value is -1.77. The molecule has 88 valence electrons. The molecule has 1 aromatic carbocycles. The van der Waals surface area contributed by atoms with Gasteiger partial charge in [0.05, 0.1) is 6.61 Å². The SMILES string of the molecule is CCOC(=O)c1[nH]c(C2CC2)c2ccccc12. The molecule has 2 aromatic rings. The number of fused-ring (bicyclic) bond motifs is 1. The highest BCUT2D eigenvalue weighted by Crippen LogP contribution is 2.43. The number of ether oxygens (including phenoxy) is 1. The van der Waals surface area contributed by atoms with Crippen molar-refractivity contribution in [1.82, 2.24) is 4.98 Å². The summed E-state index contributed by atoms with van der Waals surface area (Å²) < 4.78 is 5.08. The van der Waals surface area contributed by atoms with Gasteiger partial charge in [-0.25, -0.2) is 4.79 Å². The van der Waals surface area contributed by atoms with Crippen molar-refractivity contribution >= 4 is 16.7 Å². The number of carbonyl (C=O) groups excluding carboxylic acids is 1. The first-order valence-corrected chi connectivity index (χ1v) is 6.09. The van der Waals surface area contributed by atoms with Crippen LogP contribution < -0.4 is 0 Å². The van der Waals surface area contributed by atoms with E-state index in [1.807, 2.05) is 25.1 Å². The summed E-state index contributed by atoms with van der Waals surface area (Å²) in [6, 6.07) is 8.01. The molecule has 3 heteroatoms. The van der Waals surface area contributed by atoms with Gasteiger partial charge in [-0.1, -0.05) is 24.3 Å². The topological polar surface area (TPSA) is 42.1 Å². The molecule has 17 heavy (non-hydrogen) atoms. The van der Waals surface area contributed by atoms with Gasteiger partial charge in [-0.15, -0.1) is 0 Å². The van der Waals surface area contributed by atoms with E-state index in [2.05, 4.69) is 11.1 Å². The summed E-state index contributed by atoms with van der Waals surface area (Å²) in [6.45, 7) is 2.23. The van der Waals surface area contributed by atoms with Crippen LogP contribution in [0.4, 0.5) is 0 Å². The first kappa shape index (κ1) is 10.4. The van der Waals surface area contributed by atoms with Gasteiger partial charge in [-0.2, -0.15) is 0 Å². The molecule has 3 nitrogen and oxygen atoms in total. The number of esters is 1. The summed E-state index contributed by atoms with van der Waals surface area (Å²) in [6.07, 6.45) is 2.43. The lowest BCUT2D eigenvalue weighted by Crippen LogP contribution is -2.05. The lowest BCUT2D eigenvalue weighted by Gasteiger charge is -1.99. The number of aromatic nitrogens is 1. The summed E-state index contributed by atoms with van der Waals surface area (Å²) in [5, 5.41) is 2.14. The predicted octanol–water partition coefficient (Wildman–Crippen LogP) is 3.22. The summed E-state index contributed by atoms with van der Waals surface area (Å²) in [7, 11) is 0. The van der Waals surface area contributed by atoms with Gasteiger partial charge in [-0.05, 0) is 25.7 Å². The van der Waals surface area contributed by atoms with E-state index in [1.165, 1.54) is 18.5 Å². The Kier molecular flexibility index (Phi) is 2.39. The van der Waals surface area contributed by atoms with Crippen LogP contribution in [0, 0.1) is 0 Å². The minimum absolute atomic E-state index is 0.254. The smallest absolute Gasteiger partial charge is 0.355 e. The zero-order chi connectivity index (χ0) is 11.8. The van der Waals surface area contributed by atoms with Gasteiger partial charge in [-0.3, -0.25) is 0 Å². The number of hydrogen-bond acceptors (Lipinski definition) is 2. The summed E-state index contributed by atoms with van der Waals surface area (Å²) in [5.41, 5.74) is 1.80. The molecule has 0 spiro atoms. The van der Waals surface area contributed by atoms with Crippen molar-refractivity contribution in [3.8, 4) is 0 Å². The van der Waals surface area contributed by atoms with Crippen LogP contribution >= 0.6 is 0 Å². The number of aromatic amines is 1. The van der Waals surface area contributed by atoms with Crippen LogP contribution in [0.5, 0.6) is 0 Å². The highest BCUT2D eigenvalue weighted by atomic mass is 16.5. The molecule has 0 atom stereocenters. The maximum Gasteiger partial charge on any atom is 0.355 e. The minimum Gasteiger partial charge on any atom is -0.461 e. The van der Waals surface area contributed by atoms with Crippen molar-refractivity contribution in [2.24, 2.45) is 0 Å². The fourth-order valence-electron chi connectivity index (χ4n) is 2.26. The number of nitrogens with one attached hydrogen (secondary N) is 1. The second kappa shape index (κ2) is 3.91. The molecule has 0 saturated heterocycles. The third-order valence-electron chi connectivity index (χ3n) is 3.21. The normalized spacial score (nSPS) is 15.1. The first-order valence-electron chi connectivity index (χ1n) is 6.09. The van der Waals surface area contributed by atoms with Crippen molar-refractivity contribution < 1.29 is 9.53 Å². The minimum atomic E-state index is -0.254. The number of hydrogen-bond donors (Lipinski definition) is 1. The van der Waals surface area contributed by atoms with E-state index < -0.39 is 0 Å². The Morgan fingerprint density at radius 3 is 2.71 bits per heavy atom. The lowest BCUT2D eigenvalue weighted by molar-refractivity contribution is 0.0522. The van der Waals surface area contributed by atoms with Gasteiger partial charge in [0.15, 0.2) is 0 Å². The Morgan fingerprint density at radius 2 is 2.06 bits per heavy atom. The van der Waals surface area contributed by atoms with E-state index in [1.54, 1.807) is 0 Å². The number of H-pyrrole nitrogens is 1. The summed E-state index contributed by atoms with van der Waals surface area (Å²) in [5.74, 6) is 0.346. The zero-order valence-corrected chi connectivity index (χ0v) is 9.82. The van der Waals surface area contributed by atoms with Crippen LogP contribution in [0.2, 0.25) is 0 Å². The molecule has 1 N–H and O–H groups in total. The Balaban J connectivity index is 2.14. The van der Waals surface area contributed by atoms with Gasteiger partial charge in [0.25, 0.3) is 0 Å². The van der Waals surface area contributed by atoms with Crippen molar-refractivity contribution in [3.63, 3.8) is 0 Å². The molecule has 0 aliphatic heterocycles. The van der Waals surface area contributed by atoms with Gasteiger partial charge in [0.2, 0.25) is 0 Å². The van der Waals surface area contributed by atoms with Gasteiger partial charge < -0.3 is 9.72 Å². The first-order chi connectivity index (χ1) is 8.31. The van der Waals surface area contributed by atoms with E-state index in [-0.39, 0.29) is 5.97 Å². The fourth-order valence-corrected chi connectivity index (χ4v) is 2.26. The van der Waals surface area contributed by atoms with Crippen molar-refractivity contribution in [2.45, 2.75) is 25.7 Å². The second-order valence-corrected chi connectivity index (χ2v) is 4.45. The van der Waals surface area contributed by atoms with E-state index in [0.717, 1.165) is 10.8 Å². The predicted molar refractivity (Wildman–Crippen MR) is 66.2 cm³/mol. The summed E-state index contributed by atoms with van der Waals surface area (Å²) in [4.78, 5) is 15.1. The molecule has 0 amide bonds. The third kappa shape index (κ3) is 1.71. The van der Waals surface area contributed by atoms with Gasteiger partial charge >= 0.3 is 5.97 Å². The molecular weight excluding hydrogens is 214 g/mol. The van der Waals surface area contributed by atoms with E-state index >= 15 is 0 Å². The Bertz CT molecular complexity index is 567. The maximum atomic E-state index is 11.9.